The number of aromatic nitrogens is 1. The third-order valence-electron chi connectivity index (χ3n) is 6.51. The Kier molecular flexibility index (Phi) is 4.75. The van der Waals surface area contributed by atoms with Gasteiger partial charge in [-0.3, -0.25) is 0 Å². The lowest BCUT2D eigenvalue weighted by molar-refractivity contribution is 1.18. The molecule has 0 atom stereocenters. The second-order valence-electron chi connectivity index (χ2n) is 8.63. The fraction of sp³-hybridized carbons (Fsp3) is 0.0312. The number of para-hydroxylation sites is 1. The van der Waals surface area contributed by atoms with Crippen molar-refractivity contribution in [2.24, 2.45) is 0 Å². The van der Waals surface area contributed by atoms with Crippen LogP contribution in [0.3, 0.4) is 0 Å². The lowest BCUT2D eigenvalue weighted by atomic mass is 9.91. The molecule has 160 valence electrons. The number of aryl methyl sites for hydroxylation is 1. The van der Waals surface area contributed by atoms with Crippen LogP contribution in [0.2, 0.25) is 0 Å². The molecular formula is C32H22N2. The van der Waals surface area contributed by atoms with Crippen LogP contribution in [0.5, 0.6) is 0 Å². The van der Waals surface area contributed by atoms with E-state index in [0.717, 1.165) is 27.9 Å². The number of fused-ring (bicyclic) bond motifs is 3. The average molecular weight is 435 g/mol. The van der Waals surface area contributed by atoms with Crippen molar-refractivity contribution in [3.8, 4) is 34.0 Å². The lowest BCUT2D eigenvalue weighted by Gasteiger charge is -2.14. The van der Waals surface area contributed by atoms with E-state index in [0.29, 0.717) is 5.56 Å². The minimum atomic E-state index is 0.682. The van der Waals surface area contributed by atoms with Crippen molar-refractivity contribution in [1.29, 1.82) is 5.26 Å². The molecule has 2 heteroatoms. The molecule has 0 saturated carbocycles. The smallest absolute Gasteiger partial charge is 0.0998 e. The van der Waals surface area contributed by atoms with Gasteiger partial charge in [0.05, 0.1) is 22.7 Å². The zero-order chi connectivity index (χ0) is 23.1. The summed E-state index contributed by atoms with van der Waals surface area (Å²) in [5.41, 5.74) is 9.62. The second kappa shape index (κ2) is 8.06. The van der Waals surface area contributed by atoms with Crippen LogP contribution < -0.4 is 0 Å². The van der Waals surface area contributed by atoms with Crippen molar-refractivity contribution in [1.82, 2.24) is 4.57 Å². The first-order chi connectivity index (χ1) is 16.7. The number of hydrogen-bond acceptors (Lipinski definition) is 1. The maximum Gasteiger partial charge on any atom is 0.0998 e. The highest BCUT2D eigenvalue weighted by Gasteiger charge is 2.15. The van der Waals surface area contributed by atoms with Gasteiger partial charge in [-0.15, -0.1) is 0 Å². The highest BCUT2D eigenvalue weighted by atomic mass is 15.0. The van der Waals surface area contributed by atoms with E-state index < -0.39 is 0 Å². The van der Waals surface area contributed by atoms with Crippen LogP contribution in [0.4, 0.5) is 0 Å². The molecule has 0 N–H and O–H groups in total. The normalized spacial score (nSPS) is 11.1. The first-order valence-corrected chi connectivity index (χ1v) is 11.4. The molecule has 0 radical (unpaired) electrons. The van der Waals surface area contributed by atoms with Gasteiger partial charge in [0.15, 0.2) is 0 Å². The molecule has 1 heterocycles. The van der Waals surface area contributed by atoms with E-state index >= 15 is 0 Å². The zero-order valence-corrected chi connectivity index (χ0v) is 18.9. The Bertz CT molecular complexity index is 1700. The van der Waals surface area contributed by atoms with Gasteiger partial charge in [0.25, 0.3) is 0 Å². The van der Waals surface area contributed by atoms with Gasteiger partial charge in [0, 0.05) is 22.0 Å². The van der Waals surface area contributed by atoms with E-state index in [1.165, 1.54) is 27.4 Å². The Morgan fingerprint density at radius 2 is 1.35 bits per heavy atom. The summed E-state index contributed by atoms with van der Waals surface area (Å²) in [6.45, 7) is 2.14. The molecule has 5 aromatic carbocycles. The molecule has 0 aliphatic rings. The van der Waals surface area contributed by atoms with Gasteiger partial charge in [-0.2, -0.15) is 5.26 Å². The monoisotopic (exact) mass is 434 g/mol. The van der Waals surface area contributed by atoms with Crippen LogP contribution in [0.1, 0.15) is 11.1 Å². The molecule has 6 rings (SSSR count). The van der Waals surface area contributed by atoms with Crippen molar-refractivity contribution >= 4 is 21.8 Å². The van der Waals surface area contributed by atoms with E-state index in [4.69, 9.17) is 0 Å². The Morgan fingerprint density at radius 3 is 2.15 bits per heavy atom. The molecule has 0 fully saturated rings. The third kappa shape index (κ3) is 3.18. The topological polar surface area (TPSA) is 28.7 Å². The molecule has 34 heavy (non-hydrogen) atoms. The van der Waals surface area contributed by atoms with E-state index in [1.54, 1.807) is 0 Å². The first-order valence-electron chi connectivity index (χ1n) is 11.4. The Balaban J connectivity index is 1.54. The molecule has 0 bridgehead atoms. The highest BCUT2D eigenvalue weighted by molar-refractivity contribution is 6.09. The van der Waals surface area contributed by atoms with Crippen molar-refractivity contribution in [3.63, 3.8) is 0 Å². The molecular weight excluding hydrogens is 412 g/mol. The molecule has 6 aromatic rings. The molecule has 0 spiro atoms. The lowest BCUT2D eigenvalue weighted by Crippen LogP contribution is -1.95. The predicted molar refractivity (Wildman–Crippen MR) is 141 cm³/mol. The van der Waals surface area contributed by atoms with Gasteiger partial charge in [-0.05, 0) is 60.0 Å². The maximum absolute atomic E-state index is 9.86. The summed E-state index contributed by atoms with van der Waals surface area (Å²) in [6.07, 6.45) is 0. The van der Waals surface area contributed by atoms with E-state index in [2.05, 4.69) is 102 Å². The van der Waals surface area contributed by atoms with Crippen LogP contribution >= 0.6 is 0 Å². The largest absolute Gasteiger partial charge is 0.309 e. The van der Waals surface area contributed by atoms with Crippen molar-refractivity contribution in [2.75, 3.05) is 0 Å². The Hall–Kier alpha value is -4.61. The molecule has 0 aliphatic heterocycles. The predicted octanol–water partition coefficient (Wildman–Crippen LogP) is 8.30. The fourth-order valence-electron chi connectivity index (χ4n) is 4.96. The summed E-state index contributed by atoms with van der Waals surface area (Å²) in [4.78, 5) is 0. The summed E-state index contributed by atoms with van der Waals surface area (Å²) in [7, 11) is 0. The van der Waals surface area contributed by atoms with E-state index in [9.17, 15) is 5.26 Å². The second-order valence-corrected chi connectivity index (χ2v) is 8.63. The van der Waals surface area contributed by atoms with Crippen LogP contribution in [0.15, 0.2) is 115 Å². The van der Waals surface area contributed by atoms with Gasteiger partial charge < -0.3 is 4.57 Å². The minimum absolute atomic E-state index is 0.682. The number of nitrogens with zero attached hydrogens (tertiary/aromatic N) is 2. The van der Waals surface area contributed by atoms with Crippen LogP contribution in [0.25, 0.3) is 49.7 Å². The molecule has 2 nitrogen and oxygen atoms in total. The molecule has 0 amide bonds. The van der Waals surface area contributed by atoms with Crippen molar-refractivity contribution < 1.29 is 0 Å². The summed E-state index contributed by atoms with van der Waals surface area (Å²) in [5, 5.41) is 12.4. The number of rotatable bonds is 3. The van der Waals surface area contributed by atoms with Gasteiger partial charge >= 0.3 is 0 Å². The quantitative estimate of drug-likeness (QED) is 0.275. The first kappa shape index (κ1) is 20.0. The molecule has 1 aromatic heterocycles. The minimum Gasteiger partial charge on any atom is -0.309 e. The zero-order valence-electron chi connectivity index (χ0n) is 18.9. The van der Waals surface area contributed by atoms with Crippen LogP contribution in [-0.2, 0) is 0 Å². The number of nitriles is 1. The van der Waals surface area contributed by atoms with E-state index in [-0.39, 0.29) is 0 Å². The standard InChI is InChI=1S/C32H22N2/c1-22-14-19-31-29(20-22)28-11-5-6-13-30(28)34(31)26-17-15-24(16-18-26)32-25(21-33)10-7-12-27(32)23-8-3-2-4-9-23/h2-20H,1H3. The van der Waals surface area contributed by atoms with Gasteiger partial charge in [0.1, 0.15) is 0 Å². The van der Waals surface area contributed by atoms with Crippen molar-refractivity contribution in [3.05, 3.63) is 126 Å². The summed E-state index contributed by atoms with van der Waals surface area (Å²) in [5.74, 6) is 0. The average Bonchev–Trinajstić information content (AvgIpc) is 3.22. The van der Waals surface area contributed by atoms with Gasteiger partial charge in [-0.25, -0.2) is 0 Å². The Morgan fingerprint density at radius 1 is 0.618 bits per heavy atom. The summed E-state index contributed by atoms with van der Waals surface area (Å²) < 4.78 is 2.32. The Labute approximate surface area is 199 Å². The third-order valence-corrected chi connectivity index (χ3v) is 6.51. The van der Waals surface area contributed by atoms with Crippen LogP contribution in [-0.4, -0.2) is 4.57 Å². The highest BCUT2D eigenvalue weighted by Crippen LogP contribution is 2.37. The van der Waals surface area contributed by atoms with Crippen LogP contribution in [0, 0.1) is 18.3 Å². The number of benzene rings is 5. The molecule has 0 unspecified atom stereocenters. The van der Waals surface area contributed by atoms with Crippen molar-refractivity contribution in [2.45, 2.75) is 6.92 Å². The summed E-state index contributed by atoms with van der Waals surface area (Å²) in [6, 6.07) is 42.4. The summed E-state index contributed by atoms with van der Waals surface area (Å²) >= 11 is 0. The SMILES string of the molecule is Cc1ccc2c(c1)c1ccccc1n2-c1ccc(-c2c(C#N)cccc2-c2ccccc2)cc1. The van der Waals surface area contributed by atoms with Gasteiger partial charge in [0.2, 0.25) is 0 Å². The van der Waals surface area contributed by atoms with E-state index in [1.807, 2.05) is 30.3 Å². The number of hydrogen-bond donors (Lipinski definition) is 0. The maximum atomic E-state index is 9.86. The fourth-order valence-corrected chi connectivity index (χ4v) is 4.96. The molecule has 0 aliphatic carbocycles. The molecule has 0 saturated heterocycles. The van der Waals surface area contributed by atoms with Gasteiger partial charge in [-0.1, -0.05) is 84.4 Å².